The van der Waals surface area contributed by atoms with Gasteiger partial charge < -0.3 is 10.6 Å². The van der Waals surface area contributed by atoms with Gasteiger partial charge in [0.2, 0.25) is 0 Å². The van der Waals surface area contributed by atoms with Gasteiger partial charge in [0.1, 0.15) is 0 Å². The molecule has 5 nitrogen and oxygen atoms in total. The van der Waals surface area contributed by atoms with E-state index in [1.807, 2.05) is 37.3 Å². The molecule has 2 N–H and O–H groups in total. The number of rotatable bonds is 5. The molecule has 0 bridgehead atoms. The maximum Gasteiger partial charge on any atom is 0.255 e. The lowest BCUT2D eigenvalue weighted by atomic mass is 10.1. The van der Waals surface area contributed by atoms with Crippen LogP contribution in [0.2, 0.25) is 0 Å². The van der Waals surface area contributed by atoms with E-state index in [-0.39, 0.29) is 11.8 Å². The van der Waals surface area contributed by atoms with Crippen molar-refractivity contribution in [2.24, 2.45) is 0 Å². The van der Waals surface area contributed by atoms with Gasteiger partial charge in [-0.3, -0.25) is 9.59 Å². The Balaban J connectivity index is 1.67. The Morgan fingerprint density at radius 3 is 2.25 bits per heavy atom. The van der Waals surface area contributed by atoms with E-state index in [1.54, 1.807) is 48.5 Å². The summed E-state index contributed by atoms with van der Waals surface area (Å²) in [5, 5.41) is 14.5. The predicted molar refractivity (Wildman–Crippen MR) is 108 cm³/mol. The normalized spacial score (nSPS) is 10.0. The van der Waals surface area contributed by atoms with Gasteiger partial charge in [-0.1, -0.05) is 30.3 Å². The minimum atomic E-state index is -0.321. The Morgan fingerprint density at radius 1 is 0.893 bits per heavy atom. The van der Waals surface area contributed by atoms with E-state index in [2.05, 4.69) is 10.6 Å². The predicted octanol–water partition coefficient (Wildman–Crippen LogP) is 4.05. The molecule has 3 rings (SSSR count). The number of hydrogen-bond acceptors (Lipinski definition) is 3. The molecule has 3 aromatic carbocycles. The van der Waals surface area contributed by atoms with Crippen LogP contribution in [0.15, 0.2) is 72.8 Å². The molecular weight excluding hydrogens is 350 g/mol. The molecule has 5 heteroatoms. The molecule has 28 heavy (non-hydrogen) atoms. The van der Waals surface area contributed by atoms with Crippen molar-refractivity contribution in [3.8, 4) is 6.07 Å². The molecule has 2 amide bonds. The van der Waals surface area contributed by atoms with Crippen molar-refractivity contribution >= 4 is 17.5 Å². The lowest BCUT2D eigenvalue weighted by Crippen LogP contribution is -2.23. The first-order valence-electron chi connectivity index (χ1n) is 8.81. The first-order chi connectivity index (χ1) is 13.6. The quantitative estimate of drug-likeness (QED) is 0.712. The molecule has 0 heterocycles. The van der Waals surface area contributed by atoms with Crippen LogP contribution in [-0.2, 0) is 6.54 Å². The highest BCUT2D eigenvalue weighted by Crippen LogP contribution is 2.13. The number of carbonyl (C=O) groups excluding carboxylic acids is 2. The van der Waals surface area contributed by atoms with Crippen LogP contribution in [0, 0.1) is 18.3 Å². The highest BCUT2D eigenvalue weighted by atomic mass is 16.2. The third-order valence-electron chi connectivity index (χ3n) is 4.36. The third-order valence-corrected chi connectivity index (χ3v) is 4.36. The smallest absolute Gasteiger partial charge is 0.255 e. The number of nitriles is 1. The molecule has 0 saturated heterocycles. The zero-order valence-electron chi connectivity index (χ0n) is 15.4. The van der Waals surface area contributed by atoms with E-state index < -0.39 is 0 Å². The van der Waals surface area contributed by atoms with Crippen LogP contribution in [0.25, 0.3) is 0 Å². The van der Waals surface area contributed by atoms with Gasteiger partial charge in [0.25, 0.3) is 11.8 Å². The van der Waals surface area contributed by atoms with Gasteiger partial charge in [-0.25, -0.2) is 0 Å². The molecule has 0 saturated carbocycles. The zero-order valence-corrected chi connectivity index (χ0v) is 15.4. The number of amides is 2. The fraction of sp³-hybridized carbons (Fsp3) is 0.0870. The first-order valence-corrected chi connectivity index (χ1v) is 8.81. The van der Waals surface area contributed by atoms with Gasteiger partial charge in [-0.2, -0.15) is 5.26 Å². The Labute approximate surface area is 163 Å². The second-order valence-electron chi connectivity index (χ2n) is 6.33. The summed E-state index contributed by atoms with van der Waals surface area (Å²) in [7, 11) is 0. The summed E-state index contributed by atoms with van der Waals surface area (Å²) in [6.07, 6.45) is 0. The van der Waals surface area contributed by atoms with Crippen LogP contribution in [0.4, 0.5) is 5.69 Å². The van der Waals surface area contributed by atoms with Crippen LogP contribution in [-0.4, -0.2) is 11.8 Å². The molecule has 138 valence electrons. The Hall–Kier alpha value is -3.91. The van der Waals surface area contributed by atoms with Crippen molar-refractivity contribution in [1.82, 2.24) is 5.32 Å². The number of hydrogen-bond donors (Lipinski definition) is 2. The van der Waals surface area contributed by atoms with Crippen molar-refractivity contribution in [1.29, 1.82) is 5.26 Å². The molecule has 0 aliphatic rings. The molecule has 3 aromatic rings. The second kappa shape index (κ2) is 8.65. The summed E-state index contributed by atoms with van der Waals surface area (Å²) in [5.41, 5.74) is 4.06. The minimum Gasteiger partial charge on any atom is -0.348 e. The summed E-state index contributed by atoms with van der Waals surface area (Å²) in [5.74, 6) is -0.561. The van der Waals surface area contributed by atoms with E-state index in [0.29, 0.717) is 28.9 Å². The van der Waals surface area contributed by atoms with E-state index in [4.69, 9.17) is 5.26 Å². The van der Waals surface area contributed by atoms with Gasteiger partial charge in [0.15, 0.2) is 0 Å². The standard InChI is InChI=1S/C23H19N3O2/c1-16-5-2-3-6-20(16)15-25-22(27)18-7-4-8-19(13-18)23(28)26-21-11-9-17(14-24)10-12-21/h2-13H,15H2,1H3,(H,25,27)(H,26,28). The maximum absolute atomic E-state index is 12.5. The molecule has 0 atom stereocenters. The Kier molecular flexibility index (Phi) is 5.83. The lowest BCUT2D eigenvalue weighted by molar-refractivity contribution is 0.0951. The van der Waals surface area contributed by atoms with Crippen LogP contribution in [0.3, 0.4) is 0 Å². The average Bonchev–Trinajstić information content (AvgIpc) is 2.73. The Morgan fingerprint density at radius 2 is 1.57 bits per heavy atom. The molecule has 0 aromatic heterocycles. The molecule has 0 unspecified atom stereocenters. The van der Waals surface area contributed by atoms with Crippen molar-refractivity contribution in [3.63, 3.8) is 0 Å². The molecule has 0 spiro atoms. The van der Waals surface area contributed by atoms with Crippen molar-refractivity contribution in [3.05, 3.63) is 101 Å². The summed E-state index contributed by atoms with van der Waals surface area (Å²) in [4.78, 5) is 24.9. The monoisotopic (exact) mass is 369 g/mol. The highest BCUT2D eigenvalue weighted by Gasteiger charge is 2.11. The van der Waals surface area contributed by atoms with Crippen LogP contribution in [0.5, 0.6) is 0 Å². The zero-order chi connectivity index (χ0) is 19.9. The van der Waals surface area contributed by atoms with E-state index >= 15 is 0 Å². The number of nitrogens with zero attached hydrogens (tertiary/aromatic N) is 1. The summed E-state index contributed by atoms with van der Waals surface area (Å²) >= 11 is 0. The second-order valence-corrected chi connectivity index (χ2v) is 6.33. The number of carbonyl (C=O) groups is 2. The topological polar surface area (TPSA) is 82.0 Å². The van der Waals surface area contributed by atoms with Gasteiger partial charge in [-0.15, -0.1) is 0 Å². The highest BCUT2D eigenvalue weighted by molar-refractivity contribution is 6.06. The average molecular weight is 369 g/mol. The van der Waals surface area contributed by atoms with Gasteiger partial charge >= 0.3 is 0 Å². The van der Waals surface area contributed by atoms with Gasteiger partial charge in [-0.05, 0) is 60.5 Å². The molecule has 0 fully saturated rings. The number of nitrogens with one attached hydrogen (secondary N) is 2. The largest absolute Gasteiger partial charge is 0.348 e. The van der Waals surface area contributed by atoms with E-state index in [1.165, 1.54) is 0 Å². The summed E-state index contributed by atoms with van der Waals surface area (Å²) in [6.45, 7) is 2.42. The maximum atomic E-state index is 12.5. The fourth-order valence-corrected chi connectivity index (χ4v) is 2.72. The first kappa shape index (κ1) is 18.9. The van der Waals surface area contributed by atoms with Crippen LogP contribution < -0.4 is 10.6 Å². The van der Waals surface area contributed by atoms with Crippen LogP contribution in [0.1, 0.15) is 37.4 Å². The molecule has 0 radical (unpaired) electrons. The van der Waals surface area contributed by atoms with Crippen LogP contribution >= 0.6 is 0 Å². The van der Waals surface area contributed by atoms with Crippen molar-refractivity contribution in [2.45, 2.75) is 13.5 Å². The third kappa shape index (κ3) is 4.63. The summed E-state index contributed by atoms with van der Waals surface area (Å²) < 4.78 is 0. The van der Waals surface area contributed by atoms with Gasteiger partial charge in [0.05, 0.1) is 11.6 Å². The fourth-order valence-electron chi connectivity index (χ4n) is 2.72. The van der Waals surface area contributed by atoms with E-state index in [9.17, 15) is 9.59 Å². The molecule has 0 aliphatic heterocycles. The SMILES string of the molecule is Cc1ccccc1CNC(=O)c1cccc(C(=O)Nc2ccc(C#N)cc2)c1. The molecular formula is C23H19N3O2. The number of anilines is 1. The summed E-state index contributed by atoms with van der Waals surface area (Å²) in [6, 6.07) is 23.0. The lowest BCUT2D eigenvalue weighted by Gasteiger charge is -2.09. The minimum absolute atomic E-state index is 0.240. The van der Waals surface area contributed by atoms with E-state index in [0.717, 1.165) is 11.1 Å². The van der Waals surface area contributed by atoms with Crippen molar-refractivity contribution < 1.29 is 9.59 Å². The van der Waals surface area contributed by atoms with Crippen molar-refractivity contribution in [2.75, 3.05) is 5.32 Å². The number of benzene rings is 3. The number of aryl methyl sites for hydroxylation is 1. The Bertz CT molecular complexity index is 1050. The van der Waals surface area contributed by atoms with Gasteiger partial charge in [0, 0.05) is 23.4 Å². The molecule has 0 aliphatic carbocycles.